The molecule has 19 heavy (non-hydrogen) atoms. The fourth-order valence-corrected chi connectivity index (χ4v) is 2.76. The van der Waals surface area contributed by atoms with E-state index in [9.17, 15) is 8.78 Å². The molecule has 0 amide bonds. The maximum atomic E-state index is 12.9. The molecular formula is C13H16ClF2NO2. The van der Waals surface area contributed by atoms with Crippen LogP contribution in [0.1, 0.15) is 37.3 Å². The molecule has 3 nitrogen and oxygen atoms in total. The highest BCUT2D eigenvalue weighted by molar-refractivity contribution is 5.85. The molecule has 0 saturated heterocycles. The van der Waals surface area contributed by atoms with Gasteiger partial charge in [0.2, 0.25) is 0 Å². The summed E-state index contributed by atoms with van der Waals surface area (Å²) in [6.45, 7) is 0. The van der Waals surface area contributed by atoms with E-state index in [1.54, 1.807) is 12.1 Å². The molecule has 1 aromatic carbocycles. The molecule has 3 rings (SSSR count). The van der Waals surface area contributed by atoms with Crippen molar-refractivity contribution in [2.45, 2.75) is 38.0 Å². The lowest BCUT2D eigenvalue weighted by Crippen LogP contribution is -2.26. The Balaban J connectivity index is 0.00000133. The summed E-state index contributed by atoms with van der Waals surface area (Å²) in [7, 11) is 0. The Bertz CT molecular complexity index is 464. The number of alkyl halides is 2. The van der Waals surface area contributed by atoms with E-state index in [0.717, 1.165) is 18.4 Å². The van der Waals surface area contributed by atoms with E-state index >= 15 is 0 Å². The maximum absolute atomic E-state index is 12.9. The Labute approximate surface area is 116 Å². The van der Waals surface area contributed by atoms with Gasteiger partial charge in [-0.3, -0.25) is 0 Å². The van der Waals surface area contributed by atoms with Crippen LogP contribution in [0.25, 0.3) is 0 Å². The predicted octanol–water partition coefficient (Wildman–Crippen LogP) is 3.62. The highest BCUT2D eigenvalue weighted by Gasteiger charge is 2.43. The van der Waals surface area contributed by atoms with Crippen LogP contribution in [0.15, 0.2) is 18.2 Å². The van der Waals surface area contributed by atoms with Gasteiger partial charge in [-0.2, -0.15) is 0 Å². The Kier molecular flexibility index (Phi) is 3.87. The molecule has 1 heterocycles. The third-order valence-electron chi connectivity index (χ3n) is 3.72. The largest absolute Gasteiger partial charge is 0.586 e. The zero-order chi connectivity index (χ0) is 12.8. The first-order chi connectivity index (χ1) is 8.55. The molecule has 1 saturated carbocycles. The van der Waals surface area contributed by atoms with E-state index in [2.05, 4.69) is 9.47 Å². The first kappa shape index (κ1) is 14.3. The van der Waals surface area contributed by atoms with Gasteiger partial charge in [-0.25, -0.2) is 0 Å². The lowest BCUT2D eigenvalue weighted by Gasteiger charge is -2.19. The number of hydrogen-bond donors (Lipinski definition) is 1. The van der Waals surface area contributed by atoms with Crippen LogP contribution in [0, 0.1) is 5.92 Å². The molecule has 0 bridgehead atoms. The van der Waals surface area contributed by atoms with Crippen LogP contribution < -0.4 is 15.2 Å². The van der Waals surface area contributed by atoms with E-state index in [1.165, 1.54) is 18.9 Å². The highest BCUT2D eigenvalue weighted by atomic mass is 35.5. The minimum atomic E-state index is -3.56. The minimum Gasteiger partial charge on any atom is -0.395 e. The van der Waals surface area contributed by atoms with Crippen LogP contribution in [0.5, 0.6) is 11.5 Å². The molecule has 1 fully saturated rings. The molecule has 106 valence electrons. The van der Waals surface area contributed by atoms with Crippen molar-refractivity contribution in [2.75, 3.05) is 0 Å². The van der Waals surface area contributed by atoms with Crippen molar-refractivity contribution in [3.05, 3.63) is 23.8 Å². The lowest BCUT2D eigenvalue weighted by molar-refractivity contribution is -0.286. The van der Waals surface area contributed by atoms with E-state index in [4.69, 9.17) is 5.73 Å². The van der Waals surface area contributed by atoms with Gasteiger partial charge in [-0.05, 0) is 36.5 Å². The van der Waals surface area contributed by atoms with Gasteiger partial charge >= 0.3 is 6.29 Å². The SMILES string of the molecule is Cl.N[C@H](c1ccc2c(c1)OC(F)(F)O2)C1CCCC1. The van der Waals surface area contributed by atoms with Crippen molar-refractivity contribution in [3.63, 3.8) is 0 Å². The number of hydrogen-bond acceptors (Lipinski definition) is 3. The second kappa shape index (κ2) is 5.13. The minimum absolute atomic E-state index is 0. The molecule has 0 spiro atoms. The third-order valence-corrected chi connectivity index (χ3v) is 3.72. The second-order valence-corrected chi connectivity index (χ2v) is 4.94. The van der Waals surface area contributed by atoms with Gasteiger partial charge in [0.15, 0.2) is 11.5 Å². The summed E-state index contributed by atoms with van der Waals surface area (Å²) in [5, 5.41) is 0. The van der Waals surface area contributed by atoms with E-state index < -0.39 is 6.29 Å². The van der Waals surface area contributed by atoms with Gasteiger partial charge in [0.05, 0.1) is 0 Å². The lowest BCUT2D eigenvalue weighted by atomic mass is 9.92. The maximum Gasteiger partial charge on any atom is 0.586 e. The molecule has 1 aliphatic heterocycles. The summed E-state index contributed by atoms with van der Waals surface area (Å²) >= 11 is 0. The van der Waals surface area contributed by atoms with Crippen LogP contribution in [0.3, 0.4) is 0 Å². The molecule has 1 aromatic rings. The fraction of sp³-hybridized carbons (Fsp3) is 0.538. The normalized spacial score (nSPS) is 22.1. The van der Waals surface area contributed by atoms with Crippen molar-refractivity contribution in [1.82, 2.24) is 0 Å². The summed E-state index contributed by atoms with van der Waals surface area (Å²) in [6.07, 6.45) is 1.04. The smallest absolute Gasteiger partial charge is 0.395 e. The summed E-state index contributed by atoms with van der Waals surface area (Å²) in [5.41, 5.74) is 7.01. The molecule has 6 heteroatoms. The van der Waals surface area contributed by atoms with Crippen LogP contribution in [0.2, 0.25) is 0 Å². The van der Waals surface area contributed by atoms with Crippen LogP contribution in [-0.2, 0) is 0 Å². The second-order valence-electron chi connectivity index (χ2n) is 4.94. The number of ether oxygens (including phenoxy) is 2. The Morgan fingerprint density at radius 3 is 2.47 bits per heavy atom. The molecule has 0 aromatic heterocycles. The fourth-order valence-electron chi connectivity index (χ4n) is 2.76. The topological polar surface area (TPSA) is 44.5 Å². The molecule has 1 aliphatic carbocycles. The van der Waals surface area contributed by atoms with Crippen molar-refractivity contribution in [2.24, 2.45) is 11.7 Å². The van der Waals surface area contributed by atoms with Gasteiger partial charge in [0, 0.05) is 6.04 Å². The number of nitrogens with two attached hydrogens (primary N) is 1. The Morgan fingerprint density at radius 1 is 1.16 bits per heavy atom. The summed E-state index contributed by atoms with van der Waals surface area (Å²) < 4.78 is 34.6. The number of benzene rings is 1. The molecule has 2 aliphatic rings. The molecule has 0 radical (unpaired) electrons. The summed E-state index contributed by atoms with van der Waals surface area (Å²) in [4.78, 5) is 0. The first-order valence-corrected chi connectivity index (χ1v) is 6.20. The van der Waals surface area contributed by atoms with Crippen LogP contribution in [0.4, 0.5) is 8.78 Å². The summed E-state index contributed by atoms with van der Waals surface area (Å²) in [6, 6.07) is 4.70. The van der Waals surface area contributed by atoms with Crippen molar-refractivity contribution in [1.29, 1.82) is 0 Å². The van der Waals surface area contributed by atoms with E-state index in [0.29, 0.717) is 5.92 Å². The Hall–Kier alpha value is -1.07. The molecular weight excluding hydrogens is 276 g/mol. The zero-order valence-corrected chi connectivity index (χ0v) is 11.1. The van der Waals surface area contributed by atoms with Crippen molar-refractivity contribution in [3.8, 4) is 11.5 Å². The Morgan fingerprint density at radius 2 is 1.79 bits per heavy atom. The highest BCUT2D eigenvalue weighted by Crippen LogP contribution is 2.43. The van der Waals surface area contributed by atoms with Gasteiger partial charge in [0.25, 0.3) is 0 Å². The average molecular weight is 292 g/mol. The van der Waals surface area contributed by atoms with Crippen molar-refractivity contribution >= 4 is 12.4 Å². The van der Waals surface area contributed by atoms with E-state index in [-0.39, 0.29) is 29.9 Å². The van der Waals surface area contributed by atoms with Crippen LogP contribution in [-0.4, -0.2) is 6.29 Å². The predicted molar refractivity (Wildman–Crippen MR) is 68.8 cm³/mol. The van der Waals surface area contributed by atoms with Gasteiger partial charge in [-0.1, -0.05) is 18.9 Å². The van der Waals surface area contributed by atoms with Crippen molar-refractivity contribution < 1.29 is 18.3 Å². The summed E-state index contributed by atoms with van der Waals surface area (Å²) in [5.74, 6) is 0.583. The monoisotopic (exact) mass is 291 g/mol. The molecule has 2 N–H and O–H groups in total. The van der Waals surface area contributed by atoms with Gasteiger partial charge in [0.1, 0.15) is 0 Å². The molecule has 1 atom stereocenters. The van der Waals surface area contributed by atoms with Gasteiger partial charge < -0.3 is 15.2 Å². The number of fused-ring (bicyclic) bond motifs is 1. The average Bonchev–Trinajstić information content (AvgIpc) is 2.91. The number of rotatable bonds is 2. The standard InChI is InChI=1S/C13H15F2NO2.ClH/c14-13(15)17-10-6-5-9(7-11(10)18-13)12(16)8-3-1-2-4-8;/h5-8,12H,1-4,16H2;1H/t12-;/m0./s1. The third kappa shape index (κ3) is 2.77. The zero-order valence-electron chi connectivity index (χ0n) is 10.3. The van der Waals surface area contributed by atoms with Gasteiger partial charge in [-0.15, -0.1) is 21.2 Å². The molecule has 0 unspecified atom stereocenters. The van der Waals surface area contributed by atoms with E-state index in [1.807, 2.05) is 0 Å². The number of halogens is 3. The first-order valence-electron chi connectivity index (χ1n) is 6.20. The van der Waals surface area contributed by atoms with Crippen LogP contribution >= 0.6 is 12.4 Å². The quantitative estimate of drug-likeness (QED) is 0.905.